The molecule has 1 saturated heterocycles. The van der Waals surface area contributed by atoms with Crippen molar-refractivity contribution in [2.24, 2.45) is 0 Å². The number of hydrogen-bond acceptors (Lipinski definition) is 7. The molecule has 5 rings (SSSR count). The van der Waals surface area contributed by atoms with Crippen LogP contribution >= 0.6 is 0 Å². The van der Waals surface area contributed by atoms with Crippen LogP contribution in [0.5, 0.6) is 0 Å². The third-order valence-electron chi connectivity index (χ3n) is 6.34. The number of ether oxygens (including phenoxy) is 1. The summed E-state index contributed by atoms with van der Waals surface area (Å²) in [5.41, 5.74) is 10.3. The van der Waals surface area contributed by atoms with E-state index in [9.17, 15) is 5.11 Å². The molecule has 4 N–H and O–H groups in total. The van der Waals surface area contributed by atoms with E-state index in [-0.39, 0.29) is 12.1 Å². The molecule has 2 fully saturated rings. The van der Waals surface area contributed by atoms with Crippen molar-refractivity contribution in [3.05, 3.63) is 30.0 Å². The molecule has 30 heavy (non-hydrogen) atoms. The Kier molecular flexibility index (Phi) is 5.04. The summed E-state index contributed by atoms with van der Waals surface area (Å²) in [7, 11) is 0. The first kappa shape index (κ1) is 19.3. The molecule has 1 aromatic carbocycles. The Balaban J connectivity index is 1.65. The number of anilines is 2. The van der Waals surface area contributed by atoms with E-state index in [0.717, 1.165) is 60.3 Å². The van der Waals surface area contributed by atoms with Gasteiger partial charge in [0.1, 0.15) is 0 Å². The fraction of sp³-hybridized carbons (Fsp3) is 0.500. The topological polar surface area (TPSA) is 113 Å². The van der Waals surface area contributed by atoms with Gasteiger partial charge in [-0.1, -0.05) is 12.1 Å². The van der Waals surface area contributed by atoms with Gasteiger partial charge in [-0.05, 0) is 44.7 Å². The van der Waals surface area contributed by atoms with E-state index < -0.39 is 0 Å². The molecule has 0 unspecified atom stereocenters. The summed E-state index contributed by atoms with van der Waals surface area (Å²) in [6.07, 6.45) is 3.29. The number of aromatic amines is 1. The van der Waals surface area contributed by atoms with Crippen molar-refractivity contribution in [2.75, 3.05) is 30.4 Å². The minimum Gasteiger partial charge on any atom is -0.399 e. The molecule has 158 valence electrons. The molecular weight excluding hydrogens is 380 g/mol. The maximum Gasteiger partial charge on any atom is 0.228 e. The molecule has 1 aliphatic carbocycles. The van der Waals surface area contributed by atoms with Crippen LogP contribution in [-0.2, 0) is 4.74 Å². The van der Waals surface area contributed by atoms with Gasteiger partial charge in [0.25, 0.3) is 0 Å². The van der Waals surface area contributed by atoms with Crippen molar-refractivity contribution >= 4 is 22.7 Å². The maximum atomic E-state index is 9.92. The molecule has 8 nitrogen and oxygen atoms in total. The summed E-state index contributed by atoms with van der Waals surface area (Å²) in [5.74, 6) is 1.00. The molecule has 0 amide bonds. The Labute approximate surface area is 175 Å². The smallest absolute Gasteiger partial charge is 0.228 e. The fourth-order valence-electron chi connectivity index (χ4n) is 4.60. The number of hydrogen-bond donors (Lipinski definition) is 3. The van der Waals surface area contributed by atoms with E-state index in [0.29, 0.717) is 30.7 Å². The van der Waals surface area contributed by atoms with Crippen LogP contribution in [0.1, 0.15) is 44.2 Å². The number of nitrogens with zero attached hydrogens (tertiary/aromatic N) is 4. The van der Waals surface area contributed by atoms with Gasteiger partial charge >= 0.3 is 0 Å². The van der Waals surface area contributed by atoms with Crippen LogP contribution < -0.4 is 10.6 Å². The highest BCUT2D eigenvalue weighted by atomic mass is 16.5. The molecule has 2 aliphatic rings. The van der Waals surface area contributed by atoms with Gasteiger partial charge in [-0.2, -0.15) is 10.1 Å². The standard InChI is InChI=1S/C22H28N6O2/c1-13-12-30-11-10-28(13)22-24-19(14-2-6-16(23)7-3-14)18-20(26-27-21(18)25-22)15-4-8-17(29)9-5-15/h2-3,6-7,13,15,17,29H,4-5,8-12,23H2,1H3,(H,24,25,26,27)/t13-,15?,17?/m0/s1. The number of aliphatic hydroxyl groups is 1. The lowest BCUT2D eigenvalue weighted by molar-refractivity contribution is 0.0981. The molecule has 0 radical (unpaired) electrons. The number of H-pyrrole nitrogens is 1. The lowest BCUT2D eigenvalue weighted by atomic mass is 9.84. The molecule has 0 bridgehead atoms. The number of nitrogens with one attached hydrogen (secondary N) is 1. The van der Waals surface area contributed by atoms with Crippen LogP contribution in [0.3, 0.4) is 0 Å². The van der Waals surface area contributed by atoms with Crippen LogP contribution in [0.15, 0.2) is 24.3 Å². The SMILES string of the molecule is C[C@H]1COCCN1c1nc(-c2ccc(N)cc2)c2c(C3CCC(O)CC3)[nH]nc2n1. The first-order valence-electron chi connectivity index (χ1n) is 10.7. The van der Waals surface area contributed by atoms with Gasteiger partial charge in [-0.25, -0.2) is 4.98 Å². The van der Waals surface area contributed by atoms with E-state index in [1.54, 1.807) is 0 Å². The van der Waals surface area contributed by atoms with E-state index in [2.05, 4.69) is 22.0 Å². The molecule has 3 aromatic rings. The van der Waals surface area contributed by atoms with Gasteiger partial charge in [-0.15, -0.1) is 0 Å². The second-order valence-corrected chi connectivity index (χ2v) is 8.45. The highest BCUT2D eigenvalue weighted by molar-refractivity contribution is 5.94. The lowest BCUT2D eigenvalue weighted by Gasteiger charge is -2.33. The molecular formula is C22H28N6O2. The normalized spacial score (nSPS) is 25.0. The second kappa shape index (κ2) is 7.85. The van der Waals surface area contributed by atoms with Gasteiger partial charge in [0.2, 0.25) is 5.95 Å². The summed E-state index contributed by atoms with van der Waals surface area (Å²) in [6, 6.07) is 8.01. The highest BCUT2D eigenvalue weighted by Gasteiger charge is 2.28. The van der Waals surface area contributed by atoms with Gasteiger partial charge in [0, 0.05) is 23.7 Å². The molecule has 1 aliphatic heterocycles. The lowest BCUT2D eigenvalue weighted by Crippen LogP contribution is -2.44. The van der Waals surface area contributed by atoms with E-state index >= 15 is 0 Å². The van der Waals surface area contributed by atoms with Crippen molar-refractivity contribution < 1.29 is 9.84 Å². The number of aromatic nitrogens is 4. The largest absolute Gasteiger partial charge is 0.399 e. The summed E-state index contributed by atoms with van der Waals surface area (Å²) in [5, 5.41) is 18.7. The number of morpholine rings is 1. The average molecular weight is 409 g/mol. The van der Waals surface area contributed by atoms with Crippen LogP contribution in [0.2, 0.25) is 0 Å². The zero-order valence-corrected chi connectivity index (χ0v) is 17.2. The molecule has 1 atom stereocenters. The molecule has 2 aromatic heterocycles. The van der Waals surface area contributed by atoms with Crippen molar-refractivity contribution in [1.82, 2.24) is 20.2 Å². The Morgan fingerprint density at radius 3 is 2.63 bits per heavy atom. The summed E-state index contributed by atoms with van der Waals surface area (Å²) < 4.78 is 5.59. The van der Waals surface area contributed by atoms with Crippen LogP contribution in [0.25, 0.3) is 22.3 Å². The Bertz CT molecular complexity index is 1030. The van der Waals surface area contributed by atoms with Gasteiger partial charge < -0.3 is 20.5 Å². The number of benzene rings is 1. The van der Waals surface area contributed by atoms with Crippen LogP contribution in [-0.4, -0.2) is 57.2 Å². The first-order chi connectivity index (χ1) is 14.6. The first-order valence-corrected chi connectivity index (χ1v) is 10.7. The predicted molar refractivity (Wildman–Crippen MR) is 116 cm³/mol. The van der Waals surface area contributed by atoms with Crippen LogP contribution in [0.4, 0.5) is 11.6 Å². The van der Waals surface area contributed by atoms with Crippen molar-refractivity contribution in [3.8, 4) is 11.3 Å². The zero-order chi connectivity index (χ0) is 20.7. The van der Waals surface area contributed by atoms with E-state index in [1.807, 2.05) is 24.3 Å². The Hall–Kier alpha value is -2.71. The summed E-state index contributed by atoms with van der Waals surface area (Å²) in [6.45, 7) is 4.21. The van der Waals surface area contributed by atoms with Crippen molar-refractivity contribution in [3.63, 3.8) is 0 Å². The minimum atomic E-state index is -0.197. The third-order valence-corrected chi connectivity index (χ3v) is 6.34. The highest BCUT2D eigenvalue weighted by Crippen LogP contribution is 2.39. The monoisotopic (exact) mass is 408 g/mol. The number of rotatable bonds is 3. The fourth-order valence-corrected chi connectivity index (χ4v) is 4.60. The van der Waals surface area contributed by atoms with Crippen LogP contribution in [0, 0.1) is 0 Å². The van der Waals surface area contributed by atoms with Crippen molar-refractivity contribution in [2.45, 2.75) is 50.7 Å². The zero-order valence-electron chi connectivity index (χ0n) is 17.2. The number of aliphatic hydroxyl groups excluding tert-OH is 1. The molecule has 3 heterocycles. The Morgan fingerprint density at radius 2 is 1.90 bits per heavy atom. The number of fused-ring (bicyclic) bond motifs is 1. The quantitative estimate of drug-likeness (QED) is 0.571. The summed E-state index contributed by atoms with van der Waals surface area (Å²) >= 11 is 0. The summed E-state index contributed by atoms with van der Waals surface area (Å²) in [4.78, 5) is 12.0. The number of nitrogens with two attached hydrogens (primary N) is 1. The molecule has 0 spiro atoms. The minimum absolute atomic E-state index is 0.197. The number of nitrogen functional groups attached to an aromatic ring is 1. The third kappa shape index (κ3) is 3.50. The van der Waals surface area contributed by atoms with Crippen molar-refractivity contribution in [1.29, 1.82) is 0 Å². The molecule has 8 heteroatoms. The van der Waals surface area contributed by atoms with Gasteiger partial charge in [0.05, 0.1) is 42.1 Å². The van der Waals surface area contributed by atoms with Gasteiger partial charge in [-0.3, -0.25) is 5.10 Å². The van der Waals surface area contributed by atoms with Gasteiger partial charge in [0.15, 0.2) is 5.65 Å². The van der Waals surface area contributed by atoms with E-state index in [4.69, 9.17) is 20.4 Å². The van der Waals surface area contributed by atoms with E-state index in [1.165, 1.54) is 0 Å². The Morgan fingerprint density at radius 1 is 1.13 bits per heavy atom. The average Bonchev–Trinajstić information content (AvgIpc) is 3.19. The maximum absolute atomic E-state index is 9.92. The molecule has 1 saturated carbocycles. The second-order valence-electron chi connectivity index (χ2n) is 8.45. The predicted octanol–water partition coefficient (Wildman–Crippen LogP) is 2.85.